The first-order valence-electron chi connectivity index (χ1n) is 4.39. The minimum atomic E-state index is -0.141. The molecule has 0 fully saturated rings. The third-order valence-corrected chi connectivity index (χ3v) is 1.98. The van der Waals surface area contributed by atoms with E-state index in [1.807, 2.05) is 12.1 Å². The first-order valence-corrected chi connectivity index (χ1v) is 4.77. The second-order valence-corrected chi connectivity index (χ2v) is 3.62. The highest BCUT2D eigenvalue weighted by Gasteiger charge is 2.06. The third kappa shape index (κ3) is 5.02. The molecule has 1 aromatic rings. The van der Waals surface area contributed by atoms with E-state index < -0.39 is 0 Å². The van der Waals surface area contributed by atoms with Crippen molar-refractivity contribution in [1.82, 2.24) is 0 Å². The van der Waals surface area contributed by atoms with Crippen molar-refractivity contribution >= 4 is 35.6 Å². The number of benzene rings is 1. The van der Waals surface area contributed by atoms with Gasteiger partial charge in [-0.3, -0.25) is 4.79 Å². The molecule has 0 saturated heterocycles. The van der Waals surface area contributed by atoms with Crippen LogP contribution in [0.3, 0.4) is 0 Å². The van der Waals surface area contributed by atoms with Crippen LogP contribution in [-0.4, -0.2) is 11.9 Å². The fourth-order valence-corrected chi connectivity index (χ4v) is 1.24. The SMILES string of the molecule is CC(N)CC(=O)Nc1ccccc1Cl.Cl. The molecule has 1 atom stereocenters. The van der Waals surface area contributed by atoms with Crippen molar-refractivity contribution in [3.8, 4) is 0 Å². The fraction of sp³-hybridized carbons (Fsp3) is 0.300. The maximum absolute atomic E-state index is 11.3. The standard InChI is InChI=1S/C10H13ClN2O.ClH/c1-7(12)6-10(14)13-9-5-3-2-4-8(9)11;/h2-5,7H,6,12H2,1H3,(H,13,14);1H. The smallest absolute Gasteiger partial charge is 0.225 e. The van der Waals surface area contributed by atoms with Gasteiger partial charge in [-0.1, -0.05) is 23.7 Å². The van der Waals surface area contributed by atoms with Crippen molar-refractivity contribution in [2.24, 2.45) is 5.73 Å². The van der Waals surface area contributed by atoms with Crippen LogP contribution in [0.25, 0.3) is 0 Å². The summed E-state index contributed by atoms with van der Waals surface area (Å²) >= 11 is 5.86. The van der Waals surface area contributed by atoms with Crippen LogP contribution in [0.2, 0.25) is 5.02 Å². The Morgan fingerprint density at radius 2 is 2.13 bits per heavy atom. The molecule has 0 radical (unpaired) electrons. The molecule has 0 aliphatic carbocycles. The predicted octanol–water partition coefficient (Wildman–Crippen LogP) is 2.44. The van der Waals surface area contributed by atoms with Crippen LogP contribution in [0.1, 0.15) is 13.3 Å². The summed E-state index contributed by atoms with van der Waals surface area (Å²) in [7, 11) is 0. The van der Waals surface area contributed by atoms with Gasteiger partial charge in [0, 0.05) is 12.5 Å². The van der Waals surface area contributed by atoms with Gasteiger partial charge in [0.05, 0.1) is 10.7 Å². The Morgan fingerprint density at radius 1 is 1.53 bits per heavy atom. The van der Waals surface area contributed by atoms with Gasteiger partial charge in [-0.05, 0) is 19.1 Å². The second-order valence-electron chi connectivity index (χ2n) is 3.21. The lowest BCUT2D eigenvalue weighted by molar-refractivity contribution is -0.116. The Labute approximate surface area is 100 Å². The zero-order valence-corrected chi connectivity index (χ0v) is 9.94. The molecule has 3 nitrogen and oxygen atoms in total. The van der Waals surface area contributed by atoms with Crippen molar-refractivity contribution in [2.45, 2.75) is 19.4 Å². The number of hydrogen-bond acceptors (Lipinski definition) is 2. The van der Waals surface area contributed by atoms with E-state index in [0.717, 1.165) is 0 Å². The number of para-hydroxylation sites is 1. The Balaban J connectivity index is 0.00000196. The van der Waals surface area contributed by atoms with Crippen LogP contribution < -0.4 is 11.1 Å². The van der Waals surface area contributed by atoms with Crippen molar-refractivity contribution in [3.63, 3.8) is 0 Å². The Kier molecular flexibility index (Phi) is 6.32. The molecule has 15 heavy (non-hydrogen) atoms. The molecule has 1 aromatic carbocycles. The van der Waals surface area contributed by atoms with Gasteiger partial charge in [0.1, 0.15) is 0 Å². The van der Waals surface area contributed by atoms with E-state index >= 15 is 0 Å². The van der Waals surface area contributed by atoms with E-state index in [2.05, 4.69) is 5.32 Å². The Bertz CT molecular complexity index is 329. The third-order valence-electron chi connectivity index (χ3n) is 1.66. The average Bonchev–Trinajstić information content (AvgIpc) is 2.07. The molecular weight excluding hydrogens is 235 g/mol. The monoisotopic (exact) mass is 248 g/mol. The number of carbonyl (C=O) groups is 1. The number of amides is 1. The van der Waals surface area contributed by atoms with Gasteiger partial charge >= 0.3 is 0 Å². The lowest BCUT2D eigenvalue weighted by Crippen LogP contribution is -2.24. The molecule has 0 aromatic heterocycles. The molecule has 5 heteroatoms. The van der Waals surface area contributed by atoms with E-state index in [4.69, 9.17) is 17.3 Å². The summed E-state index contributed by atoms with van der Waals surface area (Å²) < 4.78 is 0. The molecule has 0 spiro atoms. The number of rotatable bonds is 3. The van der Waals surface area contributed by atoms with Crippen molar-refractivity contribution in [1.29, 1.82) is 0 Å². The van der Waals surface area contributed by atoms with E-state index in [0.29, 0.717) is 17.1 Å². The summed E-state index contributed by atoms with van der Waals surface area (Å²) in [5, 5.41) is 3.22. The zero-order valence-electron chi connectivity index (χ0n) is 8.37. The van der Waals surface area contributed by atoms with Crippen LogP contribution in [0.5, 0.6) is 0 Å². The van der Waals surface area contributed by atoms with Crippen molar-refractivity contribution < 1.29 is 4.79 Å². The van der Waals surface area contributed by atoms with Gasteiger partial charge in [-0.2, -0.15) is 0 Å². The minimum absolute atomic E-state index is 0. The number of nitrogens with one attached hydrogen (secondary N) is 1. The maximum Gasteiger partial charge on any atom is 0.225 e. The van der Waals surface area contributed by atoms with Gasteiger partial charge in [-0.25, -0.2) is 0 Å². The largest absolute Gasteiger partial charge is 0.327 e. The predicted molar refractivity (Wildman–Crippen MR) is 65.6 cm³/mol. The lowest BCUT2D eigenvalue weighted by atomic mass is 10.2. The molecule has 84 valence electrons. The highest BCUT2D eigenvalue weighted by atomic mass is 35.5. The molecule has 0 bridgehead atoms. The summed E-state index contributed by atoms with van der Waals surface area (Å²) in [5.74, 6) is -0.117. The summed E-state index contributed by atoms with van der Waals surface area (Å²) in [6, 6.07) is 6.96. The van der Waals surface area contributed by atoms with Gasteiger partial charge in [0.25, 0.3) is 0 Å². The number of anilines is 1. The van der Waals surface area contributed by atoms with E-state index in [1.54, 1.807) is 19.1 Å². The lowest BCUT2D eigenvalue weighted by Gasteiger charge is -2.08. The quantitative estimate of drug-likeness (QED) is 0.864. The fourth-order valence-electron chi connectivity index (χ4n) is 1.06. The summed E-state index contributed by atoms with van der Waals surface area (Å²) in [6.45, 7) is 1.78. The molecule has 1 amide bonds. The first kappa shape index (κ1) is 14.2. The Morgan fingerprint density at radius 3 is 2.67 bits per heavy atom. The first-order chi connectivity index (χ1) is 6.59. The highest BCUT2D eigenvalue weighted by Crippen LogP contribution is 2.20. The van der Waals surface area contributed by atoms with E-state index in [1.165, 1.54) is 0 Å². The van der Waals surface area contributed by atoms with Crippen LogP contribution >= 0.6 is 24.0 Å². The van der Waals surface area contributed by atoms with Gasteiger partial charge in [0.15, 0.2) is 0 Å². The van der Waals surface area contributed by atoms with Crippen molar-refractivity contribution in [3.05, 3.63) is 29.3 Å². The highest BCUT2D eigenvalue weighted by molar-refractivity contribution is 6.33. The Hall–Kier alpha value is -0.770. The van der Waals surface area contributed by atoms with Gasteiger partial charge in [0.2, 0.25) is 5.91 Å². The van der Waals surface area contributed by atoms with Crippen LogP contribution in [0.15, 0.2) is 24.3 Å². The van der Waals surface area contributed by atoms with Crippen LogP contribution in [0, 0.1) is 0 Å². The minimum Gasteiger partial charge on any atom is -0.327 e. The number of hydrogen-bond donors (Lipinski definition) is 2. The molecule has 0 aliphatic heterocycles. The van der Waals surface area contributed by atoms with Gasteiger partial charge < -0.3 is 11.1 Å². The van der Waals surface area contributed by atoms with Crippen molar-refractivity contribution in [2.75, 3.05) is 5.32 Å². The molecule has 1 unspecified atom stereocenters. The van der Waals surface area contributed by atoms with Gasteiger partial charge in [-0.15, -0.1) is 12.4 Å². The summed E-state index contributed by atoms with van der Waals surface area (Å²) in [4.78, 5) is 11.3. The molecule has 3 N–H and O–H groups in total. The maximum atomic E-state index is 11.3. The van der Waals surface area contributed by atoms with E-state index in [-0.39, 0.29) is 24.4 Å². The molecule has 0 saturated carbocycles. The molecule has 0 aliphatic rings. The molecule has 0 heterocycles. The summed E-state index contributed by atoms with van der Waals surface area (Å²) in [6.07, 6.45) is 0.297. The number of nitrogens with two attached hydrogens (primary N) is 1. The van der Waals surface area contributed by atoms with E-state index in [9.17, 15) is 4.79 Å². The number of halogens is 2. The van der Waals surface area contributed by atoms with Crippen LogP contribution in [0.4, 0.5) is 5.69 Å². The summed E-state index contributed by atoms with van der Waals surface area (Å²) in [5.41, 5.74) is 6.12. The van der Waals surface area contributed by atoms with Crippen LogP contribution in [-0.2, 0) is 4.79 Å². The molecular formula is C10H14Cl2N2O. The molecule has 1 rings (SSSR count). The second kappa shape index (κ2) is 6.67. The topological polar surface area (TPSA) is 55.1 Å². The average molecular weight is 249 g/mol. The normalized spacial score (nSPS) is 11.4. The zero-order chi connectivity index (χ0) is 10.6. The number of carbonyl (C=O) groups excluding carboxylic acids is 1.